The van der Waals surface area contributed by atoms with Gasteiger partial charge in [0.25, 0.3) is 17.1 Å². The molecule has 0 N–H and O–H groups in total. The van der Waals surface area contributed by atoms with Gasteiger partial charge in [-0.3, -0.25) is 35.1 Å². The normalized spacial score (nSPS) is 10.9. The van der Waals surface area contributed by atoms with Gasteiger partial charge in [0, 0.05) is 20.3 Å². The summed E-state index contributed by atoms with van der Waals surface area (Å²) in [5, 5.41) is 32.9. The first-order valence-electron chi connectivity index (χ1n) is 5.64. The molecule has 0 saturated heterocycles. The van der Waals surface area contributed by atoms with Crippen molar-refractivity contribution in [1.29, 1.82) is 0 Å². The third-order valence-electron chi connectivity index (χ3n) is 2.50. The number of aldehydes is 1. The maximum absolute atomic E-state index is 11.1. The summed E-state index contributed by atoms with van der Waals surface area (Å²) in [6.45, 7) is 0. The molecule has 0 bridgehead atoms. The van der Waals surface area contributed by atoms with Gasteiger partial charge in [0.15, 0.2) is 6.29 Å². The predicted octanol–water partition coefficient (Wildman–Crippen LogP) is 1.51. The molecule has 1 aromatic carbocycles. The minimum atomic E-state index is -1.01. The summed E-state index contributed by atoms with van der Waals surface area (Å²) >= 11 is 0. The Hall–Kier alpha value is -3.37. The van der Waals surface area contributed by atoms with Gasteiger partial charge < -0.3 is 4.90 Å². The van der Waals surface area contributed by atoms with Crippen LogP contribution >= 0.6 is 0 Å². The van der Waals surface area contributed by atoms with Crippen LogP contribution in [0.15, 0.2) is 18.3 Å². The molecule has 0 fully saturated rings. The average molecular weight is 310 g/mol. The minimum Gasteiger partial charge on any atom is -0.383 e. The van der Waals surface area contributed by atoms with E-state index < -0.39 is 37.4 Å². The number of nitrogens with zero attached hydrogens (tertiary/aromatic N) is 4. The lowest BCUT2D eigenvalue weighted by atomic mass is 10.0. The number of nitro benzene ring substituents is 3. The highest BCUT2D eigenvalue weighted by molar-refractivity contribution is 6.10. The van der Waals surface area contributed by atoms with Gasteiger partial charge in [0.2, 0.25) is 0 Å². The Kier molecular flexibility index (Phi) is 4.84. The fraction of sp³-hybridized carbons (Fsp3) is 0.182. The monoisotopic (exact) mass is 310 g/mol. The molecule has 22 heavy (non-hydrogen) atoms. The Balaban J connectivity index is 3.87. The van der Waals surface area contributed by atoms with Crippen molar-refractivity contribution in [3.05, 3.63) is 54.2 Å². The number of benzene rings is 1. The summed E-state index contributed by atoms with van der Waals surface area (Å²) in [6.07, 6.45) is 1.36. The van der Waals surface area contributed by atoms with Crippen molar-refractivity contribution in [2.24, 2.45) is 0 Å². The Morgan fingerprint density at radius 1 is 1.00 bits per heavy atom. The third kappa shape index (κ3) is 3.39. The molecule has 0 aromatic heterocycles. The van der Waals surface area contributed by atoms with Crippen molar-refractivity contribution in [3.8, 4) is 0 Å². The largest absolute Gasteiger partial charge is 0.383 e. The summed E-state index contributed by atoms with van der Waals surface area (Å²) in [4.78, 5) is 42.4. The van der Waals surface area contributed by atoms with Gasteiger partial charge in [-0.2, -0.15) is 0 Å². The molecule has 116 valence electrons. The van der Waals surface area contributed by atoms with Gasteiger partial charge in [0.05, 0.1) is 32.5 Å². The predicted molar refractivity (Wildman–Crippen MR) is 74.1 cm³/mol. The number of carbonyl (C=O) groups is 1. The lowest BCUT2D eigenvalue weighted by molar-refractivity contribution is -0.403. The number of carbonyl (C=O) groups excluding carboxylic acids is 1. The molecular weight excluding hydrogens is 300 g/mol. The second kappa shape index (κ2) is 6.39. The van der Waals surface area contributed by atoms with Crippen molar-refractivity contribution in [1.82, 2.24) is 4.90 Å². The Labute approximate surface area is 122 Å². The number of non-ortho nitro benzene ring substituents is 1. The summed E-state index contributed by atoms with van der Waals surface area (Å²) < 4.78 is 0. The Morgan fingerprint density at radius 2 is 1.45 bits per heavy atom. The zero-order chi connectivity index (χ0) is 17.0. The summed E-state index contributed by atoms with van der Waals surface area (Å²) in [5.74, 6) is 0. The van der Waals surface area contributed by atoms with Crippen molar-refractivity contribution in [2.75, 3.05) is 14.1 Å². The van der Waals surface area contributed by atoms with Gasteiger partial charge in [0.1, 0.15) is 5.56 Å². The molecule has 11 heteroatoms. The fourth-order valence-corrected chi connectivity index (χ4v) is 1.72. The van der Waals surface area contributed by atoms with Gasteiger partial charge in [-0.25, -0.2) is 0 Å². The highest BCUT2D eigenvalue weighted by Crippen LogP contribution is 2.37. The van der Waals surface area contributed by atoms with Gasteiger partial charge >= 0.3 is 0 Å². The number of hydrogen-bond donors (Lipinski definition) is 0. The van der Waals surface area contributed by atoms with Crippen LogP contribution in [-0.2, 0) is 4.79 Å². The molecule has 0 saturated carbocycles. The number of nitro groups is 3. The molecule has 11 nitrogen and oxygen atoms in total. The summed E-state index contributed by atoms with van der Waals surface area (Å²) in [6, 6.07) is 1.16. The number of rotatable bonds is 6. The van der Waals surface area contributed by atoms with E-state index in [4.69, 9.17) is 0 Å². The van der Waals surface area contributed by atoms with E-state index in [9.17, 15) is 35.1 Å². The zero-order valence-electron chi connectivity index (χ0n) is 11.5. The first kappa shape index (κ1) is 16.7. The van der Waals surface area contributed by atoms with E-state index in [0.29, 0.717) is 12.1 Å². The van der Waals surface area contributed by atoms with Crippen LogP contribution in [0.2, 0.25) is 0 Å². The Bertz CT molecular complexity index is 661. The van der Waals surface area contributed by atoms with E-state index in [2.05, 4.69) is 0 Å². The van der Waals surface area contributed by atoms with E-state index in [-0.39, 0.29) is 11.9 Å². The highest BCUT2D eigenvalue weighted by atomic mass is 16.6. The molecule has 0 atom stereocenters. The molecule has 0 heterocycles. The SMILES string of the molecule is CN(C)C=C(C=O)c1c([N+](=O)[O-])cc([N+](=O)[O-])cc1[N+](=O)[O-]. The molecular formula is C11H10N4O7. The summed E-state index contributed by atoms with van der Waals surface area (Å²) in [7, 11) is 3.01. The van der Waals surface area contributed by atoms with Gasteiger partial charge in [-0.05, 0) is 0 Å². The van der Waals surface area contributed by atoms with Crippen molar-refractivity contribution in [2.45, 2.75) is 0 Å². The van der Waals surface area contributed by atoms with E-state index in [1.807, 2.05) is 0 Å². The minimum absolute atomic E-state index is 0.209. The molecule has 0 amide bonds. The van der Waals surface area contributed by atoms with E-state index >= 15 is 0 Å². The Morgan fingerprint density at radius 3 is 1.73 bits per heavy atom. The van der Waals surface area contributed by atoms with Crippen LogP contribution in [0.1, 0.15) is 5.56 Å². The van der Waals surface area contributed by atoms with Crippen LogP contribution in [-0.4, -0.2) is 40.1 Å². The molecule has 1 aromatic rings. The fourth-order valence-electron chi connectivity index (χ4n) is 1.72. The van der Waals surface area contributed by atoms with Crippen LogP contribution in [0.25, 0.3) is 5.57 Å². The second-order valence-corrected chi connectivity index (χ2v) is 4.30. The number of hydrogen-bond acceptors (Lipinski definition) is 8. The van der Waals surface area contributed by atoms with Crippen molar-refractivity contribution < 1.29 is 19.6 Å². The van der Waals surface area contributed by atoms with Crippen molar-refractivity contribution >= 4 is 28.9 Å². The quantitative estimate of drug-likeness (QED) is 0.332. The van der Waals surface area contributed by atoms with Crippen molar-refractivity contribution in [3.63, 3.8) is 0 Å². The standard InChI is InChI=1S/C11H10N4O7/c1-12(2)5-7(6-16)11-9(14(19)20)3-8(13(17)18)4-10(11)15(21)22/h3-6H,1-2H3. The lowest BCUT2D eigenvalue weighted by Crippen LogP contribution is -2.07. The first-order valence-corrected chi connectivity index (χ1v) is 5.64. The third-order valence-corrected chi connectivity index (χ3v) is 2.50. The topological polar surface area (TPSA) is 150 Å². The molecule has 1 rings (SSSR count). The molecule has 0 spiro atoms. The average Bonchev–Trinajstić information content (AvgIpc) is 2.42. The van der Waals surface area contributed by atoms with Crippen LogP contribution in [0.4, 0.5) is 17.1 Å². The molecule has 0 radical (unpaired) electrons. The van der Waals surface area contributed by atoms with E-state index in [1.54, 1.807) is 0 Å². The molecule has 0 aliphatic carbocycles. The zero-order valence-corrected chi connectivity index (χ0v) is 11.5. The first-order chi connectivity index (χ1) is 10.2. The van der Waals surface area contributed by atoms with Gasteiger partial charge in [-0.1, -0.05) is 0 Å². The lowest BCUT2D eigenvalue weighted by Gasteiger charge is -2.08. The smallest absolute Gasteiger partial charge is 0.291 e. The van der Waals surface area contributed by atoms with Crippen LogP contribution in [0.3, 0.4) is 0 Å². The highest BCUT2D eigenvalue weighted by Gasteiger charge is 2.32. The maximum atomic E-state index is 11.1. The van der Waals surface area contributed by atoms with Crippen LogP contribution in [0.5, 0.6) is 0 Å². The maximum Gasteiger partial charge on any atom is 0.291 e. The van der Waals surface area contributed by atoms with Crippen LogP contribution < -0.4 is 0 Å². The van der Waals surface area contributed by atoms with Gasteiger partial charge in [-0.15, -0.1) is 0 Å². The molecule has 0 aliphatic heterocycles. The van der Waals surface area contributed by atoms with Crippen LogP contribution in [0, 0.1) is 30.3 Å². The number of allylic oxidation sites excluding steroid dienone is 1. The van der Waals surface area contributed by atoms with E-state index in [0.717, 1.165) is 6.20 Å². The second-order valence-electron chi connectivity index (χ2n) is 4.30. The molecule has 0 unspecified atom stereocenters. The molecule has 0 aliphatic rings. The van der Waals surface area contributed by atoms with E-state index in [1.165, 1.54) is 19.0 Å². The summed E-state index contributed by atoms with van der Waals surface area (Å²) in [5.41, 5.74) is -3.50.